The molecule has 1 unspecified atom stereocenters. The Balaban J connectivity index is 1.68. The lowest BCUT2D eigenvalue weighted by atomic mass is 9.96. The van der Waals surface area contributed by atoms with Crippen molar-refractivity contribution in [3.05, 3.63) is 0 Å². The van der Waals surface area contributed by atoms with E-state index in [4.69, 9.17) is 0 Å². The molecule has 16 heavy (non-hydrogen) atoms. The molecule has 2 nitrogen and oxygen atoms in total. The standard InChI is InChI=1S/C14H26N2/c1-12(13-5-6-13)16-10-4-9-15-14(11-16)7-2-3-8-14/h12-13,15H,2-11H2,1H3. The molecule has 0 aromatic rings. The van der Waals surface area contributed by atoms with Gasteiger partial charge in [0.15, 0.2) is 0 Å². The highest BCUT2D eigenvalue weighted by molar-refractivity contribution is 4.99. The molecule has 0 radical (unpaired) electrons. The van der Waals surface area contributed by atoms with E-state index in [1.165, 1.54) is 64.6 Å². The molecule has 1 spiro atoms. The van der Waals surface area contributed by atoms with Gasteiger partial charge in [-0.15, -0.1) is 0 Å². The van der Waals surface area contributed by atoms with Crippen LogP contribution in [0.25, 0.3) is 0 Å². The Hall–Kier alpha value is -0.0800. The first-order valence-corrected chi connectivity index (χ1v) is 7.28. The van der Waals surface area contributed by atoms with Gasteiger partial charge in [0.2, 0.25) is 0 Å². The van der Waals surface area contributed by atoms with Crippen LogP contribution in [-0.4, -0.2) is 36.1 Å². The molecule has 1 saturated heterocycles. The molecular formula is C14H26N2. The van der Waals surface area contributed by atoms with Gasteiger partial charge in [-0.3, -0.25) is 4.90 Å². The lowest BCUT2D eigenvalue weighted by molar-refractivity contribution is 0.151. The van der Waals surface area contributed by atoms with Gasteiger partial charge in [-0.2, -0.15) is 0 Å². The van der Waals surface area contributed by atoms with Crippen LogP contribution in [0.1, 0.15) is 51.9 Å². The normalized spacial score (nSPS) is 32.8. The minimum absolute atomic E-state index is 0.500. The van der Waals surface area contributed by atoms with Crippen molar-refractivity contribution in [3.8, 4) is 0 Å². The molecule has 2 saturated carbocycles. The van der Waals surface area contributed by atoms with Gasteiger partial charge in [0.05, 0.1) is 0 Å². The van der Waals surface area contributed by atoms with Crippen LogP contribution in [0.5, 0.6) is 0 Å². The van der Waals surface area contributed by atoms with Gasteiger partial charge in [-0.25, -0.2) is 0 Å². The van der Waals surface area contributed by atoms with Crippen LogP contribution in [0.2, 0.25) is 0 Å². The monoisotopic (exact) mass is 222 g/mol. The fourth-order valence-corrected chi connectivity index (χ4v) is 3.77. The van der Waals surface area contributed by atoms with Crippen molar-refractivity contribution in [2.45, 2.75) is 63.5 Å². The summed E-state index contributed by atoms with van der Waals surface area (Å²) >= 11 is 0. The molecule has 92 valence electrons. The molecule has 1 aliphatic heterocycles. The number of hydrogen-bond acceptors (Lipinski definition) is 2. The van der Waals surface area contributed by atoms with Gasteiger partial charge >= 0.3 is 0 Å². The Morgan fingerprint density at radius 3 is 2.62 bits per heavy atom. The average molecular weight is 222 g/mol. The second-order valence-electron chi connectivity index (χ2n) is 6.32. The SMILES string of the molecule is CC(C1CC1)N1CCCNC2(CCCC2)C1. The molecule has 3 rings (SSSR count). The van der Waals surface area contributed by atoms with Gasteiger partial charge < -0.3 is 5.32 Å². The van der Waals surface area contributed by atoms with Gasteiger partial charge in [-0.1, -0.05) is 12.8 Å². The fourth-order valence-electron chi connectivity index (χ4n) is 3.77. The fraction of sp³-hybridized carbons (Fsp3) is 1.00. The third-order valence-corrected chi connectivity index (χ3v) is 5.07. The van der Waals surface area contributed by atoms with Crippen molar-refractivity contribution in [3.63, 3.8) is 0 Å². The average Bonchev–Trinajstić information content (AvgIpc) is 3.05. The zero-order chi connectivity index (χ0) is 11.0. The third kappa shape index (κ3) is 2.14. The van der Waals surface area contributed by atoms with Crippen LogP contribution in [0.4, 0.5) is 0 Å². The van der Waals surface area contributed by atoms with E-state index in [0.717, 1.165) is 12.0 Å². The number of nitrogens with zero attached hydrogens (tertiary/aromatic N) is 1. The highest BCUT2D eigenvalue weighted by Gasteiger charge is 2.40. The molecule has 1 heterocycles. The van der Waals surface area contributed by atoms with Crippen molar-refractivity contribution in [1.82, 2.24) is 10.2 Å². The smallest absolute Gasteiger partial charge is 0.0308 e. The van der Waals surface area contributed by atoms with Crippen LogP contribution < -0.4 is 5.32 Å². The zero-order valence-electron chi connectivity index (χ0n) is 10.7. The third-order valence-electron chi connectivity index (χ3n) is 5.07. The largest absolute Gasteiger partial charge is 0.310 e. The number of hydrogen-bond donors (Lipinski definition) is 1. The molecule has 2 aliphatic carbocycles. The Morgan fingerprint density at radius 2 is 1.94 bits per heavy atom. The maximum atomic E-state index is 3.86. The van der Waals surface area contributed by atoms with Gasteiger partial charge in [-0.05, 0) is 58.0 Å². The highest BCUT2D eigenvalue weighted by atomic mass is 15.2. The molecule has 0 aromatic carbocycles. The Labute approximate surface area is 99.8 Å². The molecule has 3 aliphatic rings. The summed E-state index contributed by atoms with van der Waals surface area (Å²) in [6, 6.07) is 0.845. The minimum atomic E-state index is 0.500. The maximum absolute atomic E-state index is 3.86. The molecule has 3 fully saturated rings. The van der Waals surface area contributed by atoms with Crippen molar-refractivity contribution in [2.24, 2.45) is 5.92 Å². The van der Waals surface area contributed by atoms with Crippen LogP contribution in [-0.2, 0) is 0 Å². The predicted molar refractivity (Wildman–Crippen MR) is 67.6 cm³/mol. The first-order chi connectivity index (χ1) is 7.79. The van der Waals surface area contributed by atoms with E-state index >= 15 is 0 Å². The maximum Gasteiger partial charge on any atom is 0.0308 e. The summed E-state index contributed by atoms with van der Waals surface area (Å²) in [6.45, 7) is 6.36. The Bertz CT molecular complexity index is 241. The molecule has 0 amide bonds. The lowest BCUT2D eigenvalue weighted by Gasteiger charge is -2.36. The van der Waals surface area contributed by atoms with Crippen LogP contribution in [0, 0.1) is 5.92 Å². The van der Waals surface area contributed by atoms with Crippen molar-refractivity contribution < 1.29 is 0 Å². The number of rotatable bonds is 2. The summed E-state index contributed by atoms with van der Waals surface area (Å²) in [7, 11) is 0. The summed E-state index contributed by atoms with van der Waals surface area (Å²) < 4.78 is 0. The van der Waals surface area contributed by atoms with E-state index in [2.05, 4.69) is 17.1 Å². The van der Waals surface area contributed by atoms with E-state index in [1.807, 2.05) is 0 Å². The predicted octanol–water partition coefficient (Wildman–Crippen LogP) is 2.39. The summed E-state index contributed by atoms with van der Waals surface area (Å²) in [4.78, 5) is 2.79. The topological polar surface area (TPSA) is 15.3 Å². The first kappa shape index (κ1) is 11.0. The second-order valence-corrected chi connectivity index (χ2v) is 6.32. The lowest BCUT2D eigenvalue weighted by Crippen LogP contribution is -2.51. The molecule has 1 N–H and O–H groups in total. The zero-order valence-corrected chi connectivity index (χ0v) is 10.7. The summed E-state index contributed by atoms with van der Waals surface area (Å²) in [6.07, 6.45) is 10.0. The second kappa shape index (κ2) is 4.30. The van der Waals surface area contributed by atoms with Crippen LogP contribution in [0.15, 0.2) is 0 Å². The van der Waals surface area contributed by atoms with Crippen molar-refractivity contribution in [1.29, 1.82) is 0 Å². The molecule has 2 heteroatoms. The first-order valence-electron chi connectivity index (χ1n) is 7.28. The molecular weight excluding hydrogens is 196 g/mol. The van der Waals surface area contributed by atoms with Crippen LogP contribution in [0.3, 0.4) is 0 Å². The van der Waals surface area contributed by atoms with E-state index in [0.29, 0.717) is 5.54 Å². The van der Waals surface area contributed by atoms with Gasteiger partial charge in [0.1, 0.15) is 0 Å². The Kier molecular flexibility index (Phi) is 2.97. The molecule has 0 bridgehead atoms. The molecule has 1 atom stereocenters. The van der Waals surface area contributed by atoms with Gasteiger partial charge in [0, 0.05) is 18.1 Å². The van der Waals surface area contributed by atoms with Crippen molar-refractivity contribution >= 4 is 0 Å². The van der Waals surface area contributed by atoms with E-state index < -0.39 is 0 Å². The van der Waals surface area contributed by atoms with E-state index in [1.54, 1.807) is 0 Å². The van der Waals surface area contributed by atoms with Crippen molar-refractivity contribution in [2.75, 3.05) is 19.6 Å². The summed E-state index contributed by atoms with van der Waals surface area (Å²) in [5.41, 5.74) is 0.500. The quantitative estimate of drug-likeness (QED) is 0.772. The summed E-state index contributed by atoms with van der Waals surface area (Å²) in [5, 5.41) is 3.86. The van der Waals surface area contributed by atoms with Gasteiger partial charge in [0.25, 0.3) is 0 Å². The van der Waals surface area contributed by atoms with Crippen LogP contribution >= 0.6 is 0 Å². The summed E-state index contributed by atoms with van der Waals surface area (Å²) in [5.74, 6) is 1.02. The highest BCUT2D eigenvalue weighted by Crippen LogP contribution is 2.38. The van der Waals surface area contributed by atoms with E-state index in [-0.39, 0.29) is 0 Å². The van der Waals surface area contributed by atoms with E-state index in [9.17, 15) is 0 Å². The Morgan fingerprint density at radius 1 is 1.19 bits per heavy atom. The molecule has 0 aromatic heterocycles. The number of nitrogens with one attached hydrogen (secondary N) is 1. The minimum Gasteiger partial charge on any atom is -0.310 e.